The first-order chi connectivity index (χ1) is 10.3. The summed E-state index contributed by atoms with van der Waals surface area (Å²) in [6.07, 6.45) is 4.16. The predicted octanol–water partition coefficient (Wildman–Crippen LogP) is 2.44. The van der Waals surface area contributed by atoms with Crippen molar-refractivity contribution in [2.45, 2.75) is 26.2 Å². The number of halogens is 1. The SMILES string of the molecule is Cc1cc(N(CCNC(=O)C2CCC2)S(C)(=O)=O)ccc1Br. The first-order valence-electron chi connectivity index (χ1n) is 7.30. The third-order valence-corrected chi connectivity index (χ3v) is 6.00. The van der Waals surface area contributed by atoms with Gasteiger partial charge < -0.3 is 5.32 Å². The van der Waals surface area contributed by atoms with Gasteiger partial charge in [0.2, 0.25) is 15.9 Å². The van der Waals surface area contributed by atoms with Crippen LogP contribution >= 0.6 is 15.9 Å². The minimum absolute atomic E-state index is 0.0340. The Morgan fingerprint density at radius 1 is 1.41 bits per heavy atom. The van der Waals surface area contributed by atoms with Crippen LogP contribution in [0.1, 0.15) is 24.8 Å². The molecule has 0 bridgehead atoms. The Morgan fingerprint density at radius 2 is 2.09 bits per heavy atom. The Morgan fingerprint density at radius 3 is 2.59 bits per heavy atom. The minimum atomic E-state index is -3.39. The van der Waals surface area contributed by atoms with Gasteiger partial charge in [-0.3, -0.25) is 9.10 Å². The van der Waals surface area contributed by atoms with E-state index < -0.39 is 10.0 Å². The molecule has 1 amide bonds. The number of anilines is 1. The topological polar surface area (TPSA) is 66.5 Å². The van der Waals surface area contributed by atoms with Crippen LogP contribution in [0.25, 0.3) is 0 Å². The van der Waals surface area contributed by atoms with Crippen molar-refractivity contribution in [2.24, 2.45) is 5.92 Å². The van der Waals surface area contributed by atoms with Crippen LogP contribution in [0.15, 0.2) is 22.7 Å². The van der Waals surface area contributed by atoms with Crippen molar-refractivity contribution in [2.75, 3.05) is 23.7 Å². The molecule has 0 spiro atoms. The normalized spacial score (nSPS) is 15.2. The van der Waals surface area contributed by atoms with Gasteiger partial charge in [-0.25, -0.2) is 8.42 Å². The Bertz CT molecular complexity index is 657. The van der Waals surface area contributed by atoms with Gasteiger partial charge in [0.15, 0.2) is 0 Å². The van der Waals surface area contributed by atoms with Gasteiger partial charge in [-0.05, 0) is 43.5 Å². The lowest BCUT2D eigenvalue weighted by atomic mass is 9.85. The Hall–Kier alpha value is -1.08. The summed E-state index contributed by atoms with van der Waals surface area (Å²) in [6.45, 7) is 2.46. The number of amides is 1. The molecule has 122 valence electrons. The summed E-state index contributed by atoms with van der Waals surface area (Å²) in [4.78, 5) is 11.8. The maximum atomic E-state index is 12.0. The molecule has 1 saturated carbocycles. The van der Waals surface area contributed by atoms with Crippen molar-refractivity contribution in [3.8, 4) is 0 Å². The Balaban J connectivity index is 2.03. The molecule has 0 aliphatic heterocycles. The molecule has 0 aromatic heterocycles. The number of carbonyl (C=O) groups excluding carboxylic acids is 1. The lowest BCUT2D eigenvalue weighted by molar-refractivity contribution is -0.127. The minimum Gasteiger partial charge on any atom is -0.354 e. The average Bonchev–Trinajstić information content (AvgIpc) is 2.34. The fourth-order valence-electron chi connectivity index (χ4n) is 2.37. The van der Waals surface area contributed by atoms with Crippen LogP contribution < -0.4 is 9.62 Å². The summed E-state index contributed by atoms with van der Waals surface area (Å²) in [7, 11) is -3.39. The van der Waals surface area contributed by atoms with Gasteiger partial charge in [0.1, 0.15) is 0 Å². The van der Waals surface area contributed by atoms with Gasteiger partial charge in [0.25, 0.3) is 0 Å². The number of aryl methyl sites for hydroxylation is 1. The zero-order valence-corrected chi connectivity index (χ0v) is 15.2. The molecule has 0 heterocycles. The zero-order valence-electron chi connectivity index (χ0n) is 12.8. The van der Waals surface area contributed by atoms with E-state index in [4.69, 9.17) is 0 Å². The second-order valence-corrected chi connectivity index (χ2v) is 8.45. The highest BCUT2D eigenvalue weighted by atomic mass is 79.9. The molecule has 7 heteroatoms. The summed E-state index contributed by atoms with van der Waals surface area (Å²) < 4.78 is 26.3. The number of sulfonamides is 1. The number of carbonyl (C=O) groups is 1. The first kappa shape index (κ1) is 17.3. The first-order valence-corrected chi connectivity index (χ1v) is 9.95. The molecule has 0 atom stereocenters. The van der Waals surface area contributed by atoms with Crippen LogP contribution in [0, 0.1) is 12.8 Å². The number of nitrogens with one attached hydrogen (secondary N) is 1. The summed E-state index contributed by atoms with van der Waals surface area (Å²) >= 11 is 3.41. The van der Waals surface area contributed by atoms with Crippen molar-refractivity contribution < 1.29 is 13.2 Å². The molecule has 1 aliphatic carbocycles. The standard InChI is InChI=1S/C15H21BrN2O3S/c1-11-10-13(6-7-14(11)16)18(22(2,20)21)9-8-17-15(19)12-4-3-5-12/h6-7,10,12H,3-5,8-9H2,1-2H3,(H,17,19). The number of hydrogen-bond donors (Lipinski definition) is 1. The van der Waals surface area contributed by atoms with Gasteiger partial charge in [0.05, 0.1) is 18.5 Å². The van der Waals surface area contributed by atoms with Crippen molar-refractivity contribution >= 4 is 37.5 Å². The second kappa shape index (κ2) is 7.00. The van der Waals surface area contributed by atoms with E-state index in [1.807, 2.05) is 19.1 Å². The van der Waals surface area contributed by atoms with E-state index in [1.54, 1.807) is 6.07 Å². The molecular weight excluding hydrogens is 368 g/mol. The number of rotatable bonds is 6. The summed E-state index contributed by atoms with van der Waals surface area (Å²) in [6, 6.07) is 5.40. The Labute approximate surface area is 140 Å². The number of benzene rings is 1. The van der Waals surface area contributed by atoms with E-state index in [9.17, 15) is 13.2 Å². The molecule has 0 unspecified atom stereocenters. The lowest BCUT2D eigenvalue weighted by Gasteiger charge is -2.26. The van der Waals surface area contributed by atoms with Gasteiger partial charge in [0, 0.05) is 16.9 Å². The molecule has 1 aromatic carbocycles. The van der Waals surface area contributed by atoms with Gasteiger partial charge in [-0.1, -0.05) is 22.4 Å². The van der Waals surface area contributed by atoms with Crippen LogP contribution in [0.3, 0.4) is 0 Å². The molecular formula is C15H21BrN2O3S. The number of hydrogen-bond acceptors (Lipinski definition) is 3. The fourth-order valence-corrected chi connectivity index (χ4v) is 3.53. The highest BCUT2D eigenvalue weighted by Crippen LogP contribution is 2.26. The van der Waals surface area contributed by atoms with Crippen molar-refractivity contribution in [1.82, 2.24) is 5.32 Å². The van der Waals surface area contributed by atoms with Gasteiger partial charge >= 0.3 is 0 Å². The van der Waals surface area contributed by atoms with E-state index in [0.29, 0.717) is 12.2 Å². The highest BCUT2D eigenvalue weighted by Gasteiger charge is 2.25. The molecule has 1 aliphatic rings. The van der Waals surface area contributed by atoms with Gasteiger partial charge in [-0.15, -0.1) is 0 Å². The molecule has 1 N–H and O–H groups in total. The molecule has 5 nitrogen and oxygen atoms in total. The summed E-state index contributed by atoms with van der Waals surface area (Å²) in [5.74, 6) is 0.147. The van der Waals surface area contributed by atoms with Crippen molar-refractivity contribution in [1.29, 1.82) is 0 Å². The van der Waals surface area contributed by atoms with Crippen molar-refractivity contribution in [3.05, 3.63) is 28.2 Å². The second-order valence-electron chi connectivity index (χ2n) is 5.69. The third kappa shape index (κ3) is 4.23. The Kier molecular flexibility index (Phi) is 5.50. The maximum Gasteiger partial charge on any atom is 0.232 e. The number of nitrogens with zero attached hydrogens (tertiary/aromatic N) is 1. The fraction of sp³-hybridized carbons (Fsp3) is 0.533. The quantitative estimate of drug-likeness (QED) is 0.813. The maximum absolute atomic E-state index is 12.0. The molecule has 1 fully saturated rings. The van der Waals surface area contributed by atoms with Crippen LogP contribution in [0.5, 0.6) is 0 Å². The monoisotopic (exact) mass is 388 g/mol. The van der Waals surface area contributed by atoms with E-state index in [0.717, 1.165) is 29.3 Å². The molecule has 0 radical (unpaired) electrons. The van der Waals surface area contributed by atoms with Crippen LogP contribution in [0.2, 0.25) is 0 Å². The molecule has 22 heavy (non-hydrogen) atoms. The van der Waals surface area contributed by atoms with Crippen LogP contribution in [0.4, 0.5) is 5.69 Å². The van der Waals surface area contributed by atoms with E-state index >= 15 is 0 Å². The predicted molar refractivity (Wildman–Crippen MR) is 91.4 cm³/mol. The van der Waals surface area contributed by atoms with Crippen LogP contribution in [-0.2, 0) is 14.8 Å². The summed E-state index contributed by atoms with van der Waals surface area (Å²) in [5, 5.41) is 2.83. The van der Waals surface area contributed by atoms with Gasteiger partial charge in [-0.2, -0.15) is 0 Å². The van der Waals surface area contributed by atoms with E-state index in [2.05, 4.69) is 21.2 Å². The molecule has 2 rings (SSSR count). The third-order valence-electron chi connectivity index (χ3n) is 3.92. The van der Waals surface area contributed by atoms with Crippen molar-refractivity contribution in [3.63, 3.8) is 0 Å². The van der Waals surface area contributed by atoms with E-state index in [1.165, 1.54) is 10.6 Å². The molecule has 1 aromatic rings. The van der Waals surface area contributed by atoms with E-state index in [-0.39, 0.29) is 18.4 Å². The highest BCUT2D eigenvalue weighted by molar-refractivity contribution is 9.10. The zero-order chi connectivity index (χ0) is 16.3. The summed E-state index contributed by atoms with van der Waals surface area (Å²) in [5.41, 5.74) is 1.57. The largest absolute Gasteiger partial charge is 0.354 e. The molecule has 0 saturated heterocycles. The van der Waals surface area contributed by atoms with Crippen LogP contribution in [-0.4, -0.2) is 33.7 Å². The smallest absolute Gasteiger partial charge is 0.232 e. The average molecular weight is 389 g/mol. The lowest BCUT2D eigenvalue weighted by Crippen LogP contribution is -2.41.